The number of benzene rings is 1. The molecule has 0 saturated carbocycles. The third kappa shape index (κ3) is 4.77. The van der Waals surface area contributed by atoms with Gasteiger partial charge in [0.25, 0.3) is 5.91 Å². The topological polar surface area (TPSA) is 38.8 Å². The summed E-state index contributed by atoms with van der Waals surface area (Å²) in [6, 6.07) is 7.30. The van der Waals surface area contributed by atoms with Crippen molar-refractivity contribution in [2.45, 2.75) is 33.6 Å². The number of methoxy groups -OCH3 is 1. The van der Waals surface area contributed by atoms with Crippen molar-refractivity contribution in [2.75, 3.05) is 12.0 Å². The predicted molar refractivity (Wildman–Crippen MR) is 112 cm³/mol. The number of carbonyl (C=O) groups excluding carboxylic acids is 1. The molecule has 2 heterocycles. The van der Waals surface area contributed by atoms with Gasteiger partial charge < -0.3 is 9.47 Å². The average Bonchev–Trinajstić information content (AvgIpc) is 2.80. The van der Waals surface area contributed by atoms with Gasteiger partial charge in [-0.3, -0.25) is 9.69 Å². The highest BCUT2D eigenvalue weighted by molar-refractivity contribution is 8.27. The van der Waals surface area contributed by atoms with E-state index >= 15 is 0 Å². The molecule has 1 amide bonds. The molecule has 0 radical (unpaired) electrons. The van der Waals surface area contributed by atoms with Crippen LogP contribution < -0.4 is 9.64 Å². The number of anilines is 1. The van der Waals surface area contributed by atoms with Gasteiger partial charge in [0.2, 0.25) is 0 Å². The van der Waals surface area contributed by atoms with E-state index in [2.05, 4.69) is 0 Å². The van der Waals surface area contributed by atoms with Crippen molar-refractivity contribution in [3.63, 3.8) is 0 Å². The molecule has 0 unspecified atom stereocenters. The van der Waals surface area contributed by atoms with E-state index < -0.39 is 0 Å². The number of thiocarbonyl (C=S) groups is 1. The number of amides is 1. The third-order valence-corrected chi connectivity index (χ3v) is 4.90. The minimum Gasteiger partial charge on any atom is -0.497 e. The third-order valence-electron chi connectivity index (χ3n) is 3.60. The Bertz CT molecular complexity index is 781. The molecule has 1 fully saturated rings. The Labute approximate surface area is 164 Å². The van der Waals surface area contributed by atoms with E-state index in [9.17, 15) is 4.79 Å². The summed E-state index contributed by atoms with van der Waals surface area (Å²) < 4.78 is 11.5. The first-order valence-corrected chi connectivity index (χ1v) is 9.78. The second-order valence-corrected chi connectivity index (χ2v) is 7.00. The number of hydrogen-bond acceptors (Lipinski definition) is 5. The molecular weight excluding hydrogens is 366 g/mol. The number of thioether (sulfide) groups is 1. The first-order chi connectivity index (χ1) is 12.6. The van der Waals surface area contributed by atoms with Crippen LogP contribution in [0.1, 0.15) is 33.6 Å². The van der Waals surface area contributed by atoms with Gasteiger partial charge in [-0.05, 0) is 44.1 Å². The van der Waals surface area contributed by atoms with Crippen LogP contribution in [0.5, 0.6) is 5.75 Å². The van der Waals surface area contributed by atoms with Gasteiger partial charge in [-0.1, -0.05) is 43.9 Å². The number of ether oxygens (including phenoxy) is 2. The lowest BCUT2D eigenvalue weighted by atomic mass is 10.2. The summed E-state index contributed by atoms with van der Waals surface area (Å²) in [5.74, 6) is 2.07. The summed E-state index contributed by atoms with van der Waals surface area (Å²) in [6.07, 6.45) is 7.62. The zero-order valence-electron chi connectivity index (χ0n) is 15.4. The van der Waals surface area contributed by atoms with Crippen LogP contribution in [-0.2, 0) is 9.53 Å². The second kappa shape index (κ2) is 9.59. The Hall–Kier alpha value is -2.05. The van der Waals surface area contributed by atoms with Gasteiger partial charge >= 0.3 is 0 Å². The van der Waals surface area contributed by atoms with Crippen molar-refractivity contribution < 1.29 is 14.3 Å². The maximum absolute atomic E-state index is 12.8. The van der Waals surface area contributed by atoms with Crippen LogP contribution in [0, 0.1) is 0 Å². The van der Waals surface area contributed by atoms with Gasteiger partial charge in [0, 0.05) is 12.1 Å². The van der Waals surface area contributed by atoms with Crippen molar-refractivity contribution in [2.24, 2.45) is 0 Å². The Kier molecular flexibility index (Phi) is 7.48. The number of allylic oxidation sites excluding steroid dienone is 4. The SMILES string of the molecule is CC.COc1cccc(N2C(=O)/C(=C/C3=CCCC=C(C)O3)SC2=S)c1. The molecule has 0 N–H and O–H groups in total. The first-order valence-electron chi connectivity index (χ1n) is 8.55. The molecule has 2 aliphatic rings. The van der Waals surface area contributed by atoms with Gasteiger partial charge in [0.1, 0.15) is 11.5 Å². The van der Waals surface area contributed by atoms with Gasteiger partial charge in [0.15, 0.2) is 4.32 Å². The minimum absolute atomic E-state index is 0.145. The average molecular weight is 390 g/mol. The molecule has 2 aliphatic heterocycles. The highest BCUT2D eigenvalue weighted by Gasteiger charge is 2.33. The molecule has 0 aliphatic carbocycles. The maximum Gasteiger partial charge on any atom is 0.270 e. The molecule has 4 nitrogen and oxygen atoms in total. The number of rotatable bonds is 3. The molecule has 0 atom stereocenters. The summed E-state index contributed by atoms with van der Waals surface area (Å²) in [6.45, 7) is 5.91. The maximum atomic E-state index is 12.8. The Morgan fingerprint density at radius 3 is 2.73 bits per heavy atom. The molecule has 1 aromatic rings. The van der Waals surface area contributed by atoms with Gasteiger partial charge in [0.05, 0.1) is 23.5 Å². The molecule has 26 heavy (non-hydrogen) atoms. The van der Waals surface area contributed by atoms with Gasteiger partial charge in [-0.15, -0.1) is 0 Å². The zero-order chi connectivity index (χ0) is 19.1. The van der Waals surface area contributed by atoms with E-state index in [1.807, 2.05) is 51.1 Å². The normalized spacial score (nSPS) is 18.5. The molecule has 6 heteroatoms. The van der Waals surface area contributed by atoms with Crippen molar-refractivity contribution in [3.05, 3.63) is 58.9 Å². The highest BCUT2D eigenvalue weighted by Crippen LogP contribution is 2.37. The fourth-order valence-corrected chi connectivity index (χ4v) is 3.72. The summed E-state index contributed by atoms with van der Waals surface area (Å²) in [7, 11) is 1.59. The van der Waals surface area contributed by atoms with Gasteiger partial charge in [-0.25, -0.2) is 0 Å². The zero-order valence-corrected chi connectivity index (χ0v) is 17.1. The van der Waals surface area contributed by atoms with E-state index in [1.165, 1.54) is 16.7 Å². The second-order valence-electron chi connectivity index (χ2n) is 5.32. The van der Waals surface area contributed by atoms with Crippen LogP contribution in [0.15, 0.2) is 58.9 Å². The lowest BCUT2D eigenvalue weighted by Crippen LogP contribution is -2.27. The summed E-state index contributed by atoms with van der Waals surface area (Å²) in [5, 5.41) is 0. The summed E-state index contributed by atoms with van der Waals surface area (Å²) >= 11 is 6.67. The van der Waals surface area contributed by atoms with Crippen LogP contribution >= 0.6 is 24.0 Å². The van der Waals surface area contributed by atoms with Crippen molar-refractivity contribution >= 4 is 39.9 Å². The van der Waals surface area contributed by atoms with E-state index in [1.54, 1.807) is 19.3 Å². The van der Waals surface area contributed by atoms with Crippen molar-refractivity contribution in [1.82, 2.24) is 0 Å². The van der Waals surface area contributed by atoms with Crippen LogP contribution in [0.3, 0.4) is 0 Å². The molecule has 1 aromatic carbocycles. The molecule has 3 rings (SSSR count). The fourth-order valence-electron chi connectivity index (χ4n) is 2.44. The minimum atomic E-state index is -0.145. The van der Waals surface area contributed by atoms with Crippen molar-refractivity contribution in [3.8, 4) is 5.75 Å². The number of nitrogens with zero attached hydrogens (tertiary/aromatic N) is 1. The monoisotopic (exact) mass is 389 g/mol. The predicted octanol–water partition coefficient (Wildman–Crippen LogP) is 5.57. The van der Waals surface area contributed by atoms with E-state index in [4.69, 9.17) is 21.7 Å². The summed E-state index contributed by atoms with van der Waals surface area (Å²) in [5.41, 5.74) is 0.701. The van der Waals surface area contributed by atoms with Crippen LogP contribution in [0.25, 0.3) is 0 Å². The van der Waals surface area contributed by atoms with Crippen molar-refractivity contribution in [1.29, 1.82) is 0 Å². The lowest BCUT2D eigenvalue weighted by molar-refractivity contribution is -0.113. The molecule has 0 bridgehead atoms. The van der Waals surface area contributed by atoms with E-state index in [0.717, 1.165) is 18.6 Å². The first kappa shape index (κ1) is 20.3. The number of hydrogen-bond donors (Lipinski definition) is 0. The Morgan fingerprint density at radius 2 is 2.00 bits per heavy atom. The molecular formula is C20H23NO3S2. The Morgan fingerprint density at radius 1 is 1.27 bits per heavy atom. The molecule has 138 valence electrons. The quantitative estimate of drug-likeness (QED) is 0.499. The van der Waals surface area contributed by atoms with E-state index in [-0.39, 0.29) is 5.91 Å². The standard InChI is InChI=1S/C18H17NO3S2.C2H6/c1-12-6-3-4-8-15(22-12)11-16-17(20)19(18(23)24-16)13-7-5-9-14(10-13)21-2;1-2/h5-11H,3-4H2,1-2H3;1-2H3/b16-11-;. The highest BCUT2D eigenvalue weighted by atomic mass is 32.2. The fraction of sp³-hybridized carbons (Fsp3) is 0.300. The molecule has 1 saturated heterocycles. The smallest absolute Gasteiger partial charge is 0.270 e. The number of carbonyl (C=O) groups is 1. The van der Waals surface area contributed by atoms with Crippen LogP contribution in [0.2, 0.25) is 0 Å². The van der Waals surface area contributed by atoms with Crippen LogP contribution in [0.4, 0.5) is 5.69 Å². The molecule has 0 aromatic heterocycles. The van der Waals surface area contributed by atoms with E-state index in [0.29, 0.717) is 26.4 Å². The lowest BCUT2D eigenvalue weighted by Gasteiger charge is -2.15. The summed E-state index contributed by atoms with van der Waals surface area (Å²) in [4.78, 5) is 14.8. The largest absolute Gasteiger partial charge is 0.497 e. The van der Waals surface area contributed by atoms with Gasteiger partial charge in [-0.2, -0.15) is 0 Å². The van der Waals surface area contributed by atoms with Crippen LogP contribution in [-0.4, -0.2) is 17.3 Å². The Balaban J connectivity index is 0.00000117. The molecule has 0 spiro atoms.